The summed E-state index contributed by atoms with van der Waals surface area (Å²) in [6, 6.07) is 8.29. The molecule has 3 N–H and O–H groups in total. The van der Waals surface area contributed by atoms with Gasteiger partial charge < -0.3 is 11.1 Å². The molecule has 0 unspecified atom stereocenters. The Labute approximate surface area is 101 Å². The molecular formula is C13H18N4. The maximum Gasteiger partial charge on any atom is 0.0568 e. The Morgan fingerprint density at radius 1 is 1.35 bits per heavy atom. The summed E-state index contributed by atoms with van der Waals surface area (Å²) in [5, 5.41) is 7.46. The molecule has 1 heterocycles. The van der Waals surface area contributed by atoms with E-state index in [4.69, 9.17) is 5.73 Å². The highest BCUT2D eigenvalue weighted by Gasteiger charge is 2.02. The third-order valence-corrected chi connectivity index (χ3v) is 2.71. The third-order valence-electron chi connectivity index (χ3n) is 2.71. The topological polar surface area (TPSA) is 55.9 Å². The van der Waals surface area contributed by atoms with Crippen molar-refractivity contribution in [3.8, 4) is 11.1 Å². The number of rotatable bonds is 5. The Hall–Kier alpha value is -1.81. The van der Waals surface area contributed by atoms with E-state index in [9.17, 15) is 0 Å². The predicted octanol–water partition coefficient (Wildman–Crippen LogP) is 1.94. The van der Waals surface area contributed by atoms with Crippen LogP contribution in [0.15, 0.2) is 36.7 Å². The predicted molar refractivity (Wildman–Crippen MR) is 70.9 cm³/mol. The molecule has 4 nitrogen and oxygen atoms in total. The summed E-state index contributed by atoms with van der Waals surface area (Å²) in [7, 11) is 1.92. The molecule has 0 spiro atoms. The minimum atomic E-state index is 0.699. The van der Waals surface area contributed by atoms with Gasteiger partial charge in [0.1, 0.15) is 0 Å². The summed E-state index contributed by atoms with van der Waals surface area (Å²) < 4.78 is 1.94. The number of anilines is 1. The lowest BCUT2D eigenvalue weighted by atomic mass is 10.1. The maximum atomic E-state index is 5.48. The second kappa shape index (κ2) is 5.50. The number of nitrogens with one attached hydrogen (secondary N) is 1. The molecule has 0 bridgehead atoms. The van der Waals surface area contributed by atoms with E-state index in [0.717, 1.165) is 24.2 Å². The Morgan fingerprint density at radius 3 is 3.00 bits per heavy atom. The lowest BCUT2D eigenvalue weighted by molar-refractivity contribution is 0.585. The number of hydrogen-bond donors (Lipinski definition) is 2. The van der Waals surface area contributed by atoms with Crippen LogP contribution in [0.4, 0.5) is 5.69 Å². The van der Waals surface area contributed by atoms with E-state index >= 15 is 0 Å². The van der Waals surface area contributed by atoms with Crippen molar-refractivity contribution in [3.05, 3.63) is 36.7 Å². The van der Waals surface area contributed by atoms with E-state index in [0.29, 0.717) is 6.54 Å². The minimum absolute atomic E-state index is 0.699. The second-order valence-corrected chi connectivity index (χ2v) is 3.97. The molecule has 1 aromatic carbocycles. The number of hydrogen-bond acceptors (Lipinski definition) is 3. The zero-order valence-corrected chi connectivity index (χ0v) is 10.1. The fourth-order valence-electron chi connectivity index (χ4n) is 1.74. The van der Waals surface area contributed by atoms with E-state index in [1.807, 2.05) is 30.1 Å². The van der Waals surface area contributed by atoms with Gasteiger partial charge in [-0.1, -0.05) is 12.1 Å². The number of nitrogens with two attached hydrogens (primary N) is 1. The first-order valence-electron chi connectivity index (χ1n) is 5.84. The molecule has 0 fully saturated rings. The molecule has 0 amide bonds. The Bertz CT molecular complexity index is 476. The van der Waals surface area contributed by atoms with Crippen molar-refractivity contribution in [1.29, 1.82) is 0 Å². The van der Waals surface area contributed by atoms with E-state index in [-0.39, 0.29) is 0 Å². The molecule has 0 atom stereocenters. The van der Waals surface area contributed by atoms with Gasteiger partial charge in [-0.2, -0.15) is 5.10 Å². The number of aromatic nitrogens is 2. The van der Waals surface area contributed by atoms with Crippen LogP contribution in [0.2, 0.25) is 0 Å². The average Bonchev–Trinajstić information content (AvgIpc) is 2.85. The summed E-state index contributed by atoms with van der Waals surface area (Å²) >= 11 is 0. The summed E-state index contributed by atoms with van der Waals surface area (Å²) in [4.78, 5) is 0. The number of benzene rings is 1. The molecule has 2 aromatic rings. The first-order valence-corrected chi connectivity index (χ1v) is 5.84. The van der Waals surface area contributed by atoms with Gasteiger partial charge in [-0.25, -0.2) is 0 Å². The van der Waals surface area contributed by atoms with Crippen molar-refractivity contribution in [2.24, 2.45) is 5.73 Å². The molecule has 4 heteroatoms. The van der Waals surface area contributed by atoms with Crippen LogP contribution in [0.3, 0.4) is 0 Å². The van der Waals surface area contributed by atoms with Crippen LogP contribution in [-0.4, -0.2) is 23.4 Å². The number of aryl methyl sites for hydroxylation is 1. The average molecular weight is 230 g/mol. The summed E-state index contributed by atoms with van der Waals surface area (Å²) in [6.45, 7) is 1.58. The fourth-order valence-corrected chi connectivity index (χ4v) is 1.74. The largest absolute Gasteiger partial charge is 0.388 e. The quantitative estimate of drug-likeness (QED) is 0.825. The van der Waals surface area contributed by atoms with Gasteiger partial charge in [0.25, 0.3) is 0 Å². The van der Waals surface area contributed by atoms with Crippen molar-refractivity contribution < 1.29 is 0 Å². The highest BCUT2D eigenvalue weighted by Crippen LogP contribution is 2.21. The summed E-state index contributed by atoms with van der Waals surface area (Å²) in [5.74, 6) is 0. The Kier molecular flexibility index (Phi) is 3.77. The van der Waals surface area contributed by atoms with Gasteiger partial charge in [-0.05, 0) is 30.7 Å². The molecule has 1 aromatic heterocycles. The van der Waals surface area contributed by atoms with Crippen molar-refractivity contribution >= 4 is 5.69 Å². The van der Waals surface area contributed by atoms with Gasteiger partial charge in [-0.15, -0.1) is 0 Å². The molecule has 0 saturated carbocycles. The molecule has 0 aliphatic rings. The van der Waals surface area contributed by atoms with Crippen LogP contribution in [0, 0.1) is 0 Å². The van der Waals surface area contributed by atoms with Crippen LogP contribution in [0.1, 0.15) is 6.42 Å². The van der Waals surface area contributed by atoms with Crippen molar-refractivity contribution in [2.45, 2.75) is 13.0 Å². The van der Waals surface area contributed by atoms with Crippen LogP contribution < -0.4 is 11.1 Å². The molecule has 0 radical (unpaired) electrons. The Morgan fingerprint density at radius 2 is 2.24 bits per heavy atom. The van der Waals surface area contributed by atoms with Crippen LogP contribution in [0.25, 0.3) is 11.1 Å². The monoisotopic (exact) mass is 230 g/mol. The standard InChI is InChI=1S/C13H18N4/c1-15-13-5-2-4-11(8-13)12-9-16-17(10-12)7-3-6-14/h2,4-5,8-10,15H,3,6-7,14H2,1H3. The van der Waals surface area contributed by atoms with E-state index in [1.54, 1.807) is 0 Å². The lowest BCUT2D eigenvalue weighted by Crippen LogP contribution is -2.05. The zero-order valence-electron chi connectivity index (χ0n) is 10.1. The van der Waals surface area contributed by atoms with Gasteiger partial charge in [0, 0.05) is 31.0 Å². The van der Waals surface area contributed by atoms with Crippen LogP contribution in [0.5, 0.6) is 0 Å². The van der Waals surface area contributed by atoms with Crippen molar-refractivity contribution in [2.75, 3.05) is 18.9 Å². The minimum Gasteiger partial charge on any atom is -0.388 e. The molecule has 0 aliphatic heterocycles. The first kappa shape index (κ1) is 11.7. The maximum absolute atomic E-state index is 5.48. The Balaban J connectivity index is 2.18. The number of nitrogens with zero attached hydrogens (tertiary/aromatic N) is 2. The first-order chi connectivity index (χ1) is 8.33. The molecule has 0 aliphatic carbocycles. The third kappa shape index (κ3) is 2.85. The van der Waals surface area contributed by atoms with Gasteiger partial charge in [0.15, 0.2) is 0 Å². The van der Waals surface area contributed by atoms with Gasteiger partial charge in [0.2, 0.25) is 0 Å². The molecule has 17 heavy (non-hydrogen) atoms. The van der Waals surface area contributed by atoms with Crippen molar-refractivity contribution in [1.82, 2.24) is 9.78 Å². The van der Waals surface area contributed by atoms with E-state index in [2.05, 4.69) is 28.7 Å². The fraction of sp³-hybridized carbons (Fsp3) is 0.308. The normalized spacial score (nSPS) is 10.5. The van der Waals surface area contributed by atoms with Gasteiger partial charge in [0.05, 0.1) is 6.20 Å². The van der Waals surface area contributed by atoms with Crippen LogP contribution in [-0.2, 0) is 6.54 Å². The molecule has 0 saturated heterocycles. The zero-order chi connectivity index (χ0) is 12.1. The smallest absolute Gasteiger partial charge is 0.0568 e. The van der Waals surface area contributed by atoms with E-state index in [1.165, 1.54) is 5.56 Å². The van der Waals surface area contributed by atoms with Crippen molar-refractivity contribution in [3.63, 3.8) is 0 Å². The van der Waals surface area contributed by atoms with E-state index < -0.39 is 0 Å². The highest BCUT2D eigenvalue weighted by atomic mass is 15.3. The molecule has 90 valence electrons. The van der Waals surface area contributed by atoms with Gasteiger partial charge in [-0.3, -0.25) is 4.68 Å². The summed E-state index contributed by atoms with van der Waals surface area (Å²) in [5.41, 5.74) is 8.91. The summed E-state index contributed by atoms with van der Waals surface area (Å²) in [6.07, 6.45) is 4.91. The lowest BCUT2D eigenvalue weighted by Gasteiger charge is -2.02. The highest BCUT2D eigenvalue weighted by molar-refractivity contribution is 5.66. The molecule has 2 rings (SSSR count). The van der Waals surface area contributed by atoms with Crippen LogP contribution >= 0.6 is 0 Å². The second-order valence-electron chi connectivity index (χ2n) is 3.97. The molecular weight excluding hydrogens is 212 g/mol. The van der Waals surface area contributed by atoms with Gasteiger partial charge >= 0.3 is 0 Å². The SMILES string of the molecule is CNc1cccc(-c2cnn(CCCN)c2)c1.